The van der Waals surface area contributed by atoms with Crippen molar-refractivity contribution in [2.45, 2.75) is 13.5 Å². The number of rotatable bonds is 6. The number of benzene rings is 3. The van der Waals surface area contributed by atoms with Gasteiger partial charge in [0.05, 0.1) is 20.8 Å². The van der Waals surface area contributed by atoms with Crippen LogP contribution in [0.5, 0.6) is 11.5 Å². The van der Waals surface area contributed by atoms with Gasteiger partial charge in [-0.1, -0.05) is 35.9 Å². The van der Waals surface area contributed by atoms with Crippen LogP contribution in [0.25, 0.3) is 10.9 Å². The molecule has 6 nitrogen and oxygen atoms in total. The Bertz CT molecular complexity index is 1330. The molecule has 0 aliphatic rings. The second kappa shape index (κ2) is 8.98. The maximum Gasteiger partial charge on any atom is 0.258 e. The van der Waals surface area contributed by atoms with Gasteiger partial charge in [-0.25, -0.2) is 0 Å². The third-order valence-electron chi connectivity index (χ3n) is 5.38. The number of amides is 1. The minimum absolute atomic E-state index is 0.121. The number of carbonyl (C=O) groups excluding carboxylic acids is 1. The summed E-state index contributed by atoms with van der Waals surface area (Å²) in [5.74, 6) is 0.755. The fraction of sp³-hybridized carbons (Fsp3) is 0.154. The summed E-state index contributed by atoms with van der Waals surface area (Å²) in [5.41, 5.74) is 3.24. The fourth-order valence-electron chi connectivity index (χ4n) is 3.61. The number of aromatic amines is 1. The highest BCUT2D eigenvalue weighted by molar-refractivity contribution is 6.06. The van der Waals surface area contributed by atoms with Crippen LogP contribution in [0, 0.1) is 6.92 Å². The number of nitrogens with zero attached hydrogens (tertiary/aromatic N) is 1. The van der Waals surface area contributed by atoms with E-state index in [1.54, 1.807) is 30.2 Å². The second-order valence-corrected chi connectivity index (χ2v) is 7.51. The molecule has 1 heterocycles. The van der Waals surface area contributed by atoms with E-state index >= 15 is 0 Å². The number of fused-ring (bicyclic) bond motifs is 1. The average Bonchev–Trinajstić information content (AvgIpc) is 2.82. The van der Waals surface area contributed by atoms with Gasteiger partial charge in [0.15, 0.2) is 11.5 Å². The molecule has 0 saturated heterocycles. The van der Waals surface area contributed by atoms with E-state index in [1.807, 2.05) is 61.5 Å². The Hall–Kier alpha value is -4.06. The summed E-state index contributed by atoms with van der Waals surface area (Å²) in [6.07, 6.45) is 0. The molecule has 0 aliphatic heterocycles. The molecule has 0 unspecified atom stereocenters. The van der Waals surface area contributed by atoms with E-state index in [-0.39, 0.29) is 18.0 Å². The Balaban J connectivity index is 1.78. The highest BCUT2D eigenvalue weighted by Crippen LogP contribution is 2.29. The maximum atomic E-state index is 13.6. The van der Waals surface area contributed by atoms with Crippen molar-refractivity contribution in [2.24, 2.45) is 0 Å². The van der Waals surface area contributed by atoms with Gasteiger partial charge >= 0.3 is 0 Å². The molecular weight excluding hydrogens is 404 g/mol. The van der Waals surface area contributed by atoms with Gasteiger partial charge in [-0.15, -0.1) is 0 Å². The molecule has 3 aromatic carbocycles. The van der Waals surface area contributed by atoms with Gasteiger partial charge < -0.3 is 19.4 Å². The van der Waals surface area contributed by atoms with Crippen LogP contribution in [-0.2, 0) is 6.54 Å². The maximum absolute atomic E-state index is 13.6. The number of anilines is 1. The van der Waals surface area contributed by atoms with Gasteiger partial charge in [0.2, 0.25) is 0 Å². The van der Waals surface area contributed by atoms with Crippen LogP contribution >= 0.6 is 0 Å². The van der Waals surface area contributed by atoms with E-state index in [4.69, 9.17) is 9.47 Å². The molecule has 1 amide bonds. The first-order chi connectivity index (χ1) is 15.5. The Morgan fingerprint density at radius 1 is 0.906 bits per heavy atom. The molecule has 4 rings (SSSR count). The van der Waals surface area contributed by atoms with Gasteiger partial charge in [0.25, 0.3) is 11.5 Å². The molecule has 0 saturated carbocycles. The predicted molar refractivity (Wildman–Crippen MR) is 126 cm³/mol. The molecule has 1 aromatic heterocycles. The van der Waals surface area contributed by atoms with E-state index in [9.17, 15) is 9.59 Å². The van der Waals surface area contributed by atoms with E-state index in [2.05, 4.69) is 4.98 Å². The van der Waals surface area contributed by atoms with Gasteiger partial charge in [-0.3, -0.25) is 9.59 Å². The summed E-state index contributed by atoms with van der Waals surface area (Å²) >= 11 is 0. The fourth-order valence-corrected chi connectivity index (χ4v) is 3.61. The summed E-state index contributed by atoms with van der Waals surface area (Å²) < 4.78 is 10.6. The van der Waals surface area contributed by atoms with Crippen LogP contribution in [0.3, 0.4) is 0 Å². The lowest BCUT2D eigenvalue weighted by Gasteiger charge is -2.23. The number of hydrogen-bond acceptors (Lipinski definition) is 4. The van der Waals surface area contributed by atoms with Crippen molar-refractivity contribution >= 4 is 22.5 Å². The van der Waals surface area contributed by atoms with Crippen LogP contribution in [0.1, 0.15) is 21.5 Å². The van der Waals surface area contributed by atoms with Crippen molar-refractivity contribution in [3.63, 3.8) is 0 Å². The lowest BCUT2D eigenvalue weighted by atomic mass is 10.1. The molecule has 0 fully saturated rings. The first-order valence-corrected chi connectivity index (χ1v) is 10.2. The number of hydrogen-bond donors (Lipinski definition) is 1. The number of carbonyl (C=O) groups is 1. The Morgan fingerprint density at radius 2 is 1.62 bits per heavy atom. The summed E-state index contributed by atoms with van der Waals surface area (Å²) in [5, 5.41) is 0.907. The summed E-state index contributed by atoms with van der Waals surface area (Å²) in [4.78, 5) is 30.9. The molecule has 32 heavy (non-hydrogen) atoms. The van der Waals surface area contributed by atoms with Crippen LogP contribution in [0.4, 0.5) is 5.69 Å². The number of aromatic nitrogens is 1. The molecule has 162 valence electrons. The third kappa shape index (κ3) is 4.21. The zero-order valence-corrected chi connectivity index (χ0v) is 18.2. The van der Waals surface area contributed by atoms with Crippen LogP contribution in [0.15, 0.2) is 77.6 Å². The second-order valence-electron chi connectivity index (χ2n) is 7.51. The van der Waals surface area contributed by atoms with Gasteiger partial charge in [-0.05, 0) is 54.8 Å². The van der Waals surface area contributed by atoms with Crippen LogP contribution in [-0.4, -0.2) is 25.1 Å². The van der Waals surface area contributed by atoms with Crippen molar-refractivity contribution < 1.29 is 14.3 Å². The van der Waals surface area contributed by atoms with E-state index in [0.717, 1.165) is 16.5 Å². The van der Waals surface area contributed by atoms with Crippen LogP contribution in [0.2, 0.25) is 0 Å². The van der Waals surface area contributed by atoms with Gasteiger partial charge in [0.1, 0.15) is 0 Å². The summed E-state index contributed by atoms with van der Waals surface area (Å²) in [6.45, 7) is 2.11. The highest BCUT2D eigenvalue weighted by Gasteiger charge is 2.21. The smallest absolute Gasteiger partial charge is 0.258 e. The molecular formula is C26H24N2O4. The number of nitrogens with one attached hydrogen (secondary N) is 1. The zero-order valence-electron chi connectivity index (χ0n) is 18.2. The van der Waals surface area contributed by atoms with Gasteiger partial charge in [-0.2, -0.15) is 0 Å². The topological polar surface area (TPSA) is 71.6 Å². The van der Waals surface area contributed by atoms with E-state index < -0.39 is 0 Å². The number of H-pyrrole nitrogens is 1. The lowest BCUT2D eigenvalue weighted by Crippen LogP contribution is -2.33. The SMILES string of the molecule is COc1ccc(C(=O)N(Cc2cc3ccccc3[nH]c2=O)c2ccc(C)cc2)cc1OC. The van der Waals surface area contributed by atoms with Crippen molar-refractivity contribution in [3.05, 3.63) is 99.8 Å². The quantitative estimate of drug-likeness (QED) is 0.483. The Morgan fingerprint density at radius 3 is 2.34 bits per heavy atom. The van der Waals surface area contributed by atoms with Crippen LogP contribution < -0.4 is 19.9 Å². The molecule has 1 N–H and O–H groups in total. The molecule has 0 radical (unpaired) electrons. The van der Waals surface area contributed by atoms with Gasteiger partial charge in [0, 0.05) is 22.3 Å². The van der Waals surface area contributed by atoms with Crippen molar-refractivity contribution in [3.8, 4) is 11.5 Å². The zero-order chi connectivity index (χ0) is 22.7. The minimum Gasteiger partial charge on any atom is -0.493 e. The number of pyridine rings is 1. The Labute approximate surface area is 186 Å². The van der Waals surface area contributed by atoms with Crippen molar-refractivity contribution in [1.82, 2.24) is 4.98 Å². The molecule has 6 heteroatoms. The molecule has 4 aromatic rings. The number of para-hydroxylation sites is 1. The highest BCUT2D eigenvalue weighted by atomic mass is 16.5. The number of ether oxygens (including phenoxy) is 2. The number of aryl methyl sites for hydroxylation is 1. The average molecular weight is 428 g/mol. The monoisotopic (exact) mass is 428 g/mol. The van der Waals surface area contributed by atoms with E-state index in [0.29, 0.717) is 28.3 Å². The summed E-state index contributed by atoms with van der Waals surface area (Å²) in [7, 11) is 3.07. The predicted octanol–water partition coefficient (Wildman–Crippen LogP) is 4.70. The molecule has 0 bridgehead atoms. The molecule has 0 spiro atoms. The normalized spacial score (nSPS) is 10.7. The lowest BCUT2D eigenvalue weighted by molar-refractivity contribution is 0.0984. The summed E-state index contributed by atoms with van der Waals surface area (Å²) in [6, 6.07) is 22.1. The third-order valence-corrected chi connectivity index (χ3v) is 5.38. The number of methoxy groups -OCH3 is 2. The molecule has 0 atom stereocenters. The first-order valence-electron chi connectivity index (χ1n) is 10.2. The Kier molecular flexibility index (Phi) is 5.94. The largest absolute Gasteiger partial charge is 0.493 e. The molecule has 0 aliphatic carbocycles. The first kappa shape index (κ1) is 21.2. The van der Waals surface area contributed by atoms with E-state index in [1.165, 1.54) is 7.11 Å². The van der Waals surface area contributed by atoms with Crippen molar-refractivity contribution in [1.29, 1.82) is 0 Å². The van der Waals surface area contributed by atoms with Crippen molar-refractivity contribution in [2.75, 3.05) is 19.1 Å². The standard InChI is InChI=1S/C26H24N2O4/c1-17-8-11-21(12-9-17)28(26(30)19-10-13-23(31-2)24(15-19)32-3)16-20-14-18-6-4-5-7-22(18)27-25(20)29/h4-15H,16H2,1-3H3,(H,27,29). The minimum atomic E-state index is -0.248.